The molecule has 1 aliphatic rings. The van der Waals surface area contributed by atoms with Crippen LogP contribution in [-0.2, 0) is 19.0 Å². The van der Waals surface area contributed by atoms with Gasteiger partial charge in [0.25, 0.3) is 0 Å². The number of carbonyl (C=O) groups excluding carboxylic acids is 1. The number of hydrogen-bond donors (Lipinski definition) is 0. The zero-order valence-corrected chi connectivity index (χ0v) is 10.0. The quantitative estimate of drug-likeness (QED) is 0.598. The molecule has 1 fully saturated rings. The second-order valence-corrected chi connectivity index (χ2v) is 4.61. The van der Waals surface area contributed by atoms with Gasteiger partial charge in [-0.25, -0.2) is 0 Å². The maximum atomic E-state index is 11.4. The summed E-state index contributed by atoms with van der Waals surface area (Å²) in [6.45, 7) is 0. The van der Waals surface area contributed by atoms with E-state index in [1.54, 1.807) is 25.6 Å². The van der Waals surface area contributed by atoms with Gasteiger partial charge in [-0.2, -0.15) is 0 Å². The molecular formula is C11H14O4S. The highest BCUT2D eigenvalue weighted by Crippen LogP contribution is 2.40. The number of cyclic esters (lactones) is 1. The number of carbonyl (C=O) groups is 1. The molecule has 1 aromatic heterocycles. The van der Waals surface area contributed by atoms with Crippen molar-refractivity contribution in [2.75, 3.05) is 14.2 Å². The van der Waals surface area contributed by atoms with Gasteiger partial charge in [0.05, 0.1) is 12.3 Å². The summed E-state index contributed by atoms with van der Waals surface area (Å²) in [7, 11) is 3.14. The van der Waals surface area contributed by atoms with E-state index in [4.69, 9.17) is 14.2 Å². The smallest absolute Gasteiger partial charge is 0.307 e. The van der Waals surface area contributed by atoms with E-state index in [1.807, 2.05) is 17.5 Å². The molecule has 0 aromatic carbocycles. The zero-order valence-electron chi connectivity index (χ0n) is 9.21. The van der Waals surface area contributed by atoms with Gasteiger partial charge in [-0.3, -0.25) is 4.79 Å². The van der Waals surface area contributed by atoms with E-state index in [0.29, 0.717) is 6.42 Å². The molecule has 0 aliphatic carbocycles. The van der Waals surface area contributed by atoms with Crippen LogP contribution in [0.15, 0.2) is 17.5 Å². The van der Waals surface area contributed by atoms with Crippen molar-refractivity contribution >= 4 is 17.3 Å². The lowest BCUT2D eigenvalue weighted by atomic mass is 9.99. The Bertz CT molecular complexity index is 345. The zero-order chi connectivity index (χ0) is 11.5. The Morgan fingerprint density at radius 1 is 1.50 bits per heavy atom. The third-order valence-electron chi connectivity index (χ3n) is 2.69. The molecule has 88 valence electrons. The second kappa shape index (κ2) is 4.95. The van der Waals surface area contributed by atoms with Crippen LogP contribution in [0.5, 0.6) is 0 Å². The maximum absolute atomic E-state index is 11.4. The standard InChI is InChI=1S/C11H14O4S/c1-13-11(14-2)7-6-9(12)15-10(7)8-4-3-5-16-8/h3-5,7,10-11H,6H2,1-2H3/t7-,10+/m0/s1. The van der Waals surface area contributed by atoms with Gasteiger partial charge in [-0.15, -0.1) is 11.3 Å². The van der Waals surface area contributed by atoms with Gasteiger partial charge in [-0.05, 0) is 11.4 Å². The second-order valence-electron chi connectivity index (χ2n) is 3.63. The monoisotopic (exact) mass is 242 g/mol. The summed E-state index contributed by atoms with van der Waals surface area (Å²) in [6.07, 6.45) is -0.300. The van der Waals surface area contributed by atoms with E-state index >= 15 is 0 Å². The van der Waals surface area contributed by atoms with Crippen molar-refractivity contribution in [3.8, 4) is 0 Å². The van der Waals surface area contributed by atoms with Gasteiger partial charge in [0.2, 0.25) is 0 Å². The minimum Gasteiger partial charge on any atom is -0.456 e. The largest absolute Gasteiger partial charge is 0.456 e. The van der Waals surface area contributed by atoms with Crippen molar-refractivity contribution in [1.29, 1.82) is 0 Å². The number of ether oxygens (including phenoxy) is 3. The maximum Gasteiger partial charge on any atom is 0.307 e. The summed E-state index contributed by atoms with van der Waals surface area (Å²) in [5, 5.41) is 1.97. The van der Waals surface area contributed by atoms with Crippen LogP contribution in [0.4, 0.5) is 0 Å². The number of esters is 1. The first kappa shape index (κ1) is 11.6. The summed E-state index contributed by atoms with van der Waals surface area (Å²) in [5.74, 6) is -0.261. The van der Waals surface area contributed by atoms with E-state index in [1.165, 1.54) is 0 Å². The molecule has 2 heterocycles. The molecule has 0 N–H and O–H groups in total. The van der Waals surface area contributed by atoms with Crippen LogP contribution in [0, 0.1) is 5.92 Å². The first-order valence-electron chi connectivity index (χ1n) is 5.04. The number of rotatable bonds is 4. The molecule has 0 amide bonds. The fourth-order valence-corrected chi connectivity index (χ4v) is 2.81. The van der Waals surface area contributed by atoms with Gasteiger partial charge in [0.1, 0.15) is 6.10 Å². The molecule has 2 rings (SSSR count). The van der Waals surface area contributed by atoms with E-state index in [9.17, 15) is 4.79 Å². The number of thiophene rings is 1. The molecule has 0 spiro atoms. The molecule has 0 radical (unpaired) electrons. The lowest BCUT2D eigenvalue weighted by Crippen LogP contribution is -2.26. The Kier molecular flexibility index (Phi) is 3.58. The van der Waals surface area contributed by atoms with Gasteiger partial charge < -0.3 is 14.2 Å². The van der Waals surface area contributed by atoms with Crippen LogP contribution in [0.1, 0.15) is 17.4 Å². The Labute approximate surface area is 98.1 Å². The highest BCUT2D eigenvalue weighted by Gasteiger charge is 2.42. The molecule has 2 atom stereocenters. The predicted molar refractivity (Wildman–Crippen MR) is 59.1 cm³/mol. The van der Waals surface area contributed by atoms with Crippen molar-refractivity contribution in [3.63, 3.8) is 0 Å². The molecule has 5 heteroatoms. The first-order valence-corrected chi connectivity index (χ1v) is 5.92. The summed E-state index contributed by atoms with van der Waals surface area (Å²) in [4.78, 5) is 12.4. The number of methoxy groups -OCH3 is 2. The van der Waals surface area contributed by atoms with Crippen LogP contribution in [0.2, 0.25) is 0 Å². The molecule has 16 heavy (non-hydrogen) atoms. The van der Waals surface area contributed by atoms with Gasteiger partial charge in [-0.1, -0.05) is 6.07 Å². The van der Waals surface area contributed by atoms with Gasteiger partial charge >= 0.3 is 5.97 Å². The molecule has 1 aliphatic heterocycles. The molecule has 4 nitrogen and oxygen atoms in total. The van der Waals surface area contributed by atoms with Crippen molar-refractivity contribution in [2.45, 2.75) is 18.8 Å². The molecule has 0 unspecified atom stereocenters. The van der Waals surface area contributed by atoms with Crippen molar-refractivity contribution in [2.24, 2.45) is 5.92 Å². The van der Waals surface area contributed by atoms with Crippen LogP contribution in [0.3, 0.4) is 0 Å². The fraction of sp³-hybridized carbons (Fsp3) is 0.545. The van der Waals surface area contributed by atoms with E-state index in [-0.39, 0.29) is 18.0 Å². The van der Waals surface area contributed by atoms with Crippen molar-refractivity contribution in [3.05, 3.63) is 22.4 Å². The Hall–Kier alpha value is -0.910. The van der Waals surface area contributed by atoms with Crippen LogP contribution in [-0.4, -0.2) is 26.5 Å². The highest BCUT2D eigenvalue weighted by atomic mass is 32.1. The Balaban J connectivity index is 2.19. The van der Waals surface area contributed by atoms with Crippen molar-refractivity contribution in [1.82, 2.24) is 0 Å². The topological polar surface area (TPSA) is 44.8 Å². The molecular weight excluding hydrogens is 228 g/mol. The Morgan fingerprint density at radius 2 is 2.25 bits per heavy atom. The minimum absolute atomic E-state index is 0.0684. The lowest BCUT2D eigenvalue weighted by Gasteiger charge is -2.23. The summed E-state index contributed by atoms with van der Waals surface area (Å²) in [5.41, 5.74) is 0. The molecule has 1 aromatic rings. The fourth-order valence-electron chi connectivity index (χ4n) is 1.98. The van der Waals surface area contributed by atoms with Crippen LogP contribution < -0.4 is 0 Å². The SMILES string of the molecule is COC(OC)[C@H]1CC(=O)O[C@H]1c1cccs1. The van der Waals surface area contributed by atoms with E-state index in [2.05, 4.69) is 0 Å². The normalized spacial score (nSPS) is 25.1. The van der Waals surface area contributed by atoms with Crippen molar-refractivity contribution < 1.29 is 19.0 Å². The average Bonchev–Trinajstić information content (AvgIpc) is 2.89. The lowest BCUT2D eigenvalue weighted by molar-refractivity contribution is -0.152. The van der Waals surface area contributed by atoms with E-state index in [0.717, 1.165) is 4.88 Å². The highest BCUT2D eigenvalue weighted by molar-refractivity contribution is 7.10. The number of hydrogen-bond acceptors (Lipinski definition) is 5. The predicted octanol–water partition coefficient (Wildman–Crippen LogP) is 1.97. The van der Waals surface area contributed by atoms with Crippen LogP contribution >= 0.6 is 11.3 Å². The third-order valence-corrected chi connectivity index (χ3v) is 3.62. The molecule has 1 saturated heterocycles. The van der Waals surface area contributed by atoms with E-state index < -0.39 is 6.29 Å². The molecule has 0 bridgehead atoms. The minimum atomic E-state index is -0.404. The first-order chi connectivity index (χ1) is 7.76. The Morgan fingerprint density at radius 3 is 2.81 bits per heavy atom. The van der Waals surface area contributed by atoms with Gasteiger partial charge in [0, 0.05) is 19.1 Å². The third kappa shape index (κ3) is 2.11. The summed E-state index contributed by atoms with van der Waals surface area (Å²) in [6, 6.07) is 3.90. The van der Waals surface area contributed by atoms with Crippen LogP contribution in [0.25, 0.3) is 0 Å². The van der Waals surface area contributed by atoms with Gasteiger partial charge in [0.15, 0.2) is 6.29 Å². The summed E-state index contributed by atoms with van der Waals surface area (Å²) >= 11 is 1.58. The average molecular weight is 242 g/mol. The molecule has 0 saturated carbocycles. The summed E-state index contributed by atoms with van der Waals surface area (Å²) < 4.78 is 15.7.